The number of halogens is 1. The topological polar surface area (TPSA) is 134 Å². The zero-order valence-corrected chi connectivity index (χ0v) is 25.6. The number of benzene rings is 2. The van der Waals surface area contributed by atoms with Crippen molar-refractivity contribution in [1.82, 2.24) is 15.1 Å². The van der Waals surface area contributed by atoms with Gasteiger partial charge in [0.15, 0.2) is 5.78 Å². The van der Waals surface area contributed by atoms with Crippen LogP contribution in [0.15, 0.2) is 64.3 Å². The van der Waals surface area contributed by atoms with Gasteiger partial charge in [-0.05, 0) is 73.0 Å². The van der Waals surface area contributed by atoms with E-state index in [0.29, 0.717) is 35.3 Å². The number of thiophene rings is 1. The minimum absolute atomic E-state index is 0.0923. The maximum absolute atomic E-state index is 14.4. The third-order valence-corrected chi connectivity index (χ3v) is 7.93. The van der Waals surface area contributed by atoms with E-state index in [0.717, 1.165) is 11.1 Å². The molecule has 2 aromatic carbocycles. The van der Waals surface area contributed by atoms with Crippen molar-refractivity contribution in [3.63, 3.8) is 0 Å². The highest BCUT2D eigenvalue weighted by molar-refractivity contribution is 7.08. The van der Waals surface area contributed by atoms with Crippen LogP contribution >= 0.6 is 22.9 Å². The zero-order chi connectivity index (χ0) is 30.9. The zero-order valence-electron chi connectivity index (χ0n) is 24.0. The fourth-order valence-electron chi connectivity index (χ4n) is 5.15. The summed E-state index contributed by atoms with van der Waals surface area (Å²) in [5.41, 5.74) is 7.05. The standard InChI is InChI=1S/C31H32ClN5O5S/c1-31(2,3)42-24-14-19(23(38)15-25(33)39)6-9-22(24)29-35-27(20-10-13-43-17-20)28(18-4-7-21(32)8-5-18)37(29)30(41)36-12-11-34-26(40)16-36/h4-10,13-14,17,27-28H,11-12,15-16H2,1-3H3,(H2,33,39)(H,34,40). The van der Waals surface area contributed by atoms with Gasteiger partial charge in [0.2, 0.25) is 11.8 Å². The molecule has 3 aromatic rings. The molecule has 2 atom stereocenters. The van der Waals surface area contributed by atoms with Crippen LogP contribution < -0.4 is 15.8 Å². The van der Waals surface area contributed by atoms with Gasteiger partial charge in [-0.2, -0.15) is 11.3 Å². The van der Waals surface area contributed by atoms with Gasteiger partial charge in [0.25, 0.3) is 0 Å². The summed E-state index contributed by atoms with van der Waals surface area (Å²) in [6.07, 6.45) is -0.449. The van der Waals surface area contributed by atoms with E-state index in [1.54, 1.807) is 35.2 Å². The summed E-state index contributed by atoms with van der Waals surface area (Å²) in [4.78, 5) is 59.2. The van der Waals surface area contributed by atoms with Gasteiger partial charge in [-0.3, -0.25) is 24.3 Å². The number of nitrogens with zero attached hydrogens (tertiary/aromatic N) is 3. The molecule has 12 heteroatoms. The number of amidine groups is 1. The predicted molar refractivity (Wildman–Crippen MR) is 165 cm³/mol. The van der Waals surface area contributed by atoms with E-state index in [2.05, 4.69) is 5.32 Å². The van der Waals surface area contributed by atoms with Gasteiger partial charge in [-0.25, -0.2) is 4.79 Å². The lowest BCUT2D eigenvalue weighted by molar-refractivity contribution is -0.123. The molecule has 0 aliphatic carbocycles. The monoisotopic (exact) mass is 621 g/mol. The van der Waals surface area contributed by atoms with E-state index >= 15 is 0 Å². The van der Waals surface area contributed by atoms with Crippen molar-refractivity contribution in [3.8, 4) is 5.75 Å². The molecule has 3 N–H and O–H groups in total. The largest absolute Gasteiger partial charge is 0.487 e. The number of Topliss-reactive ketones (excluding diaryl/α,β-unsaturated/α-hetero) is 1. The Balaban J connectivity index is 1.69. The molecule has 3 heterocycles. The van der Waals surface area contributed by atoms with E-state index in [-0.39, 0.29) is 24.0 Å². The number of ketones is 1. The second kappa shape index (κ2) is 12.2. The highest BCUT2D eigenvalue weighted by Gasteiger charge is 2.45. The van der Waals surface area contributed by atoms with E-state index in [9.17, 15) is 19.2 Å². The van der Waals surface area contributed by atoms with Crippen molar-refractivity contribution < 1.29 is 23.9 Å². The molecular weight excluding hydrogens is 590 g/mol. The molecule has 10 nitrogen and oxygen atoms in total. The van der Waals surface area contributed by atoms with E-state index < -0.39 is 35.8 Å². The van der Waals surface area contributed by atoms with Crippen LogP contribution in [-0.4, -0.2) is 64.5 Å². The Morgan fingerprint density at radius 3 is 2.49 bits per heavy atom. The van der Waals surface area contributed by atoms with Gasteiger partial charge in [0, 0.05) is 23.7 Å². The van der Waals surface area contributed by atoms with Gasteiger partial charge >= 0.3 is 6.03 Å². The molecule has 4 amide bonds. The number of piperazine rings is 1. The van der Waals surface area contributed by atoms with Crippen molar-refractivity contribution in [3.05, 3.63) is 86.6 Å². The third-order valence-electron chi connectivity index (χ3n) is 6.97. The summed E-state index contributed by atoms with van der Waals surface area (Å²) in [6.45, 7) is 6.17. The molecule has 1 fully saturated rings. The molecule has 5 rings (SSSR count). The fourth-order valence-corrected chi connectivity index (χ4v) is 5.96. The number of carbonyl (C=O) groups excluding carboxylic acids is 4. The number of primary amides is 1. The molecule has 224 valence electrons. The van der Waals surface area contributed by atoms with Gasteiger partial charge in [0.1, 0.15) is 29.8 Å². The molecule has 43 heavy (non-hydrogen) atoms. The van der Waals surface area contributed by atoms with Gasteiger partial charge < -0.3 is 20.7 Å². The molecule has 0 spiro atoms. The molecule has 2 aliphatic rings. The normalized spacial score (nSPS) is 18.7. The van der Waals surface area contributed by atoms with Crippen LogP contribution in [0.3, 0.4) is 0 Å². The van der Waals surface area contributed by atoms with Crippen molar-refractivity contribution >= 4 is 52.4 Å². The molecule has 0 radical (unpaired) electrons. The van der Waals surface area contributed by atoms with Crippen LogP contribution in [0.2, 0.25) is 5.02 Å². The average molecular weight is 622 g/mol. The summed E-state index contributed by atoms with van der Waals surface area (Å²) in [7, 11) is 0. The number of hydrogen-bond acceptors (Lipinski definition) is 7. The molecule has 0 saturated carbocycles. The average Bonchev–Trinajstić information content (AvgIpc) is 3.60. The van der Waals surface area contributed by atoms with Crippen molar-refractivity contribution in [2.45, 2.75) is 44.9 Å². The predicted octanol–water partition coefficient (Wildman–Crippen LogP) is 4.73. The van der Waals surface area contributed by atoms with Crippen LogP contribution in [0.1, 0.15) is 66.3 Å². The first-order chi connectivity index (χ1) is 20.4. The van der Waals surface area contributed by atoms with Gasteiger partial charge in [0.05, 0.1) is 18.0 Å². The van der Waals surface area contributed by atoms with Crippen molar-refractivity contribution in [1.29, 1.82) is 0 Å². The number of nitrogens with one attached hydrogen (secondary N) is 1. The molecule has 1 saturated heterocycles. The molecular formula is C31H32ClN5O5S. The smallest absolute Gasteiger partial charge is 0.326 e. The maximum Gasteiger partial charge on any atom is 0.326 e. The van der Waals surface area contributed by atoms with E-state index in [1.807, 2.05) is 49.7 Å². The Bertz CT molecular complexity index is 1580. The van der Waals surface area contributed by atoms with Crippen LogP contribution in [-0.2, 0) is 9.59 Å². The summed E-state index contributed by atoms with van der Waals surface area (Å²) in [5, 5.41) is 7.27. The summed E-state index contributed by atoms with van der Waals surface area (Å²) in [6, 6.07) is 12.6. The van der Waals surface area contributed by atoms with Crippen LogP contribution in [0, 0.1) is 0 Å². The second-order valence-electron chi connectivity index (χ2n) is 11.4. The Morgan fingerprint density at radius 2 is 1.86 bits per heavy atom. The number of nitrogens with two attached hydrogens (primary N) is 1. The van der Waals surface area contributed by atoms with E-state index in [4.69, 9.17) is 27.1 Å². The van der Waals surface area contributed by atoms with Crippen molar-refractivity contribution in [2.24, 2.45) is 10.7 Å². The lowest BCUT2D eigenvalue weighted by Crippen LogP contribution is -2.55. The number of rotatable bonds is 7. The number of hydrogen-bond donors (Lipinski definition) is 2. The van der Waals surface area contributed by atoms with Crippen molar-refractivity contribution in [2.75, 3.05) is 19.6 Å². The summed E-state index contributed by atoms with van der Waals surface area (Å²) >= 11 is 7.76. The Hall–Kier alpha value is -4.22. The number of urea groups is 1. The number of carbonyl (C=O) groups is 4. The quantitative estimate of drug-likeness (QED) is 0.290. The first-order valence-corrected chi connectivity index (χ1v) is 15.1. The lowest BCUT2D eigenvalue weighted by Gasteiger charge is -2.36. The molecule has 1 aromatic heterocycles. The Kier molecular flexibility index (Phi) is 8.57. The SMILES string of the molecule is CC(C)(C)Oc1cc(C(=O)CC(N)=O)ccc1C1=NC(c2ccsc2)C(c2ccc(Cl)cc2)N1C(=O)N1CCNC(=O)C1. The fraction of sp³-hybridized carbons (Fsp3) is 0.323. The number of ether oxygens (including phenoxy) is 1. The number of amides is 4. The Morgan fingerprint density at radius 1 is 1.12 bits per heavy atom. The second-order valence-corrected chi connectivity index (χ2v) is 12.6. The molecule has 0 bridgehead atoms. The van der Waals surface area contributed by atoms with Crippen LogP contribution in [0.5, 0.6) is 5.75 Å². The first-order valence-electron chi connectivity index (χ1n) is 13.8. The number of aliphatic imine (C=N–C) groups is 1. The van der Waals surface area contributed by atoms with E-state index in [1.165, 1.54) is 16.2 Å². The summed E-state index contributed by atoms with van der Waals surface area (Å²) in [5.74, 6) is -0.784. The first kappa shape index (κ1) is 30.2. The minimum atomic E-state index is -0.737. The lowest BCUT2D eigenvalue weighted by atomic mass is 9.95. The molecule has 2 unspecified atom stereocenters. The van der Waals surface area contributed by atoms with Gasteiger partial charge in [-0.1, -0.05) is 29.8 Å². The van der Waals surface area contributed by atoms with Gasteiger partial charge in [-0.15, -0.1) is 0 Å². The van der Waals surface area contributed by atoms with Crippen LogP contribution in [0.25, 0.3) is 0 Å². The Labute approximate surface area is 258 Å². The van der Waals surface area contributed by atoms with Crippen LogP contribution in [0.4, 0.5) is 4.79 Å². The maximum atomic E-state index is 14.4. The minimum Gasteiger partial charge on any atom is -0.487 e. The highest BCUT2D eigenvalue weighted by atomic mass is 35.5. The molecule has 2 aliphatic heterocycles. The highest BCUT2D eigenvalue weighted by Crippen LogP contribution is 2.46. The third kappa shape index (κ3) is 6.73. The summed E-state index contributed by atoms with van der Waals surface area (Å²) < 4.78 is 6.33.